The molecule has 6 rings (SSSR count). The highest BCUT2D eigenvalue weighted by molar-refractivity contribution is 6.05. The molecule has 0 saturated heterocycles. The van der Waals surface area contributed by atoms with E-state index in [0.717, 1.165) is 33.8 Å². The summed E-state index contributed by atoms with van der Waals surface area (Å²) in [5.74, 6) is -0.167. The van der Waals surface area contributed by atoms with Crippen molar-refractivity contribution in [2.75, 3.05) is 0 Å². The smallest absolute Gasteiger partial charge is 0.267 e. The minimum atomic E-state index is -0.312. The Hall–Kier alpha value is -4.84. The van der Waals surface area contributed by atoms with E-state index in [-0.39, 0.29) is 11.9 Å². The van der Waals surface area contributed by atoms with Gasteiger partial charge in [0.05, 0.1) is 23.1 Å². The Morgan fingerprint density at radius 2 is 1.36 bits per heavy atom. The zero-order valence-corrected chi connectivity index (χ0v) is 19.5. The van der Waals surface area contributed by atoms with Crippen molar-refractivity contribution in [1.82, 2.24) is 19.8 Å². The van der Waals surface area contributed by atoms with Crippen molar-refractivity contribution < 1.29 is 4.79 Å². The van der Waals surface area contributed by atoms with E-state index < -0.39 is 0 Å². The van der Waals surface area contributed by atoms with E-state index in [1.54, 1.807) is 29.5 Å². The first-order valence-corrected chi connectivity index (χ1v) is 11.8. The third-order valence-corrected chi connectivity index (χ3v) is 6.32. The maximum absolute atomic E-state index is 13.7. The van der Waals surface area contributed by atoms with E-state index in [1.807, 2.05) is 102 Å². The molecule has 1 amide bonds. The SMILES string of the molecule is O=C(c1ccncc1)N1N=C(c2ccccc2)C[C@@H]1c1cn(-c2ccccc2)nc1-c1ccccc1. The lowest BCUT2D eigenvalue weighted by atomic mass is 9.96. The van der Waals surface area contributed by atoms with E-state index in [9.17, 15) is 4.79 Å². The first kappa shape index (κ1) is 21.7. The van der Waals surface area contributed by atoms with Gasteiger partial charge in [-0.1, -0.05) is 78.9 Å². The number of hydrogen-bond acceptors (Lipinski definition) is 4. The van der Waals surface area contributed by atoms with Crippen LogP contribution in [0, 0.1) is 0 Å². The number of hydrogen-bond donors (Lipinski definition) is 0. The van der Waals surface area contributed by atoms with E-state index >= 15 is 0 Å². The molecule has 1 atom stereocenters. The monoisotopic (exact) mass is 469 g/mol. The Bertz CT molecular complexity index is 1510. The predicted octanol–water partition coefficient (Wildman–Crippen LogP) is 5.93. The average molecular weight is 470 g/mol. The summed E-state index contributed by atoms with van der Waals surface area (Å²) in [4.78, 5) is 17.8. The Labute approximate surface area is 209 Å². The Morgan fingerprint density at radius 1 is 0.750 bits per heavy atom. The Kier molecular flexibility index (Phi) is 5.68. The summed E-state index contributed by atoms with van der Waals surface area (Å²) in [6, 6.07) is 33.2. The van der Waals surface area contributed by atoms with E-state index in [1.165, 1.54) is 0 Å². The second-order valence-electron chi connectivity index (χ2n) is 8.60. The maximum atomic E-state index is 13.7. The van der Waals surface area contributed by atoms with Gasteiger partial charge in [-0.05, 0) is 29.8 Å². The standard InChI is InChI=1S/C30H23N5O/c36-30(24-16-18-31-19-17-24)35-28(20-27(32-35)22-10-4-1-5-11-22)26-21-34(25-14-8-3-9-15-25)33-29(26)23-12-6-2-7-13-23/h1-19,21,28H,20H2/t28-/m1/s1. The summed E-state index contributed by atoms with van der Waals surface area (Å²) in [5.41, 5.74) is 6.15. The van der Waals surface area contributed by atoms with Crippen LogP contribution in [0.3, 0.4) is 0 Å². The molecule has 0 unspecified atom stereocenters. The maximum Gasteiger partial charge on any atom is 0.274 e. The predicted molar refractivity (Wildman–Crippen MR) is 140 cm³/mol. The minimum Gasteiger partial charge on any atom is -0.267 e. The quantitative estimate of drug-likeness (QED) is 0.321. The Morgan fingerprint density at radius 3 is 2.03 bits per heavy atom. The molecule has 1 aliphatic heterocycles. The molecule has 0 aliphatic carbocycles. The third-order valence-electron chi connectivity index (χ3n) is 6.32. The lowest BCUT2D eigenvalue weighted by molar-refractivity contribution is 0.0711. The van der Waals surface area contributed by atoms with Crippen LogP contribution in [0.5, 0.6) is 0 Å². The highest BCUT2D eigenvalue weighted by Gasteiger charge is 2.36. The molecule has 0 bridgehead atoms. The summed E-state index contributed by atoms with van der Waals surface area (Å²) < 4.78 is 1.88. The van der Waals surface area contributed by atoms with Crippen LogP contribution in [-0.2, 0) is 0 Å². The van der Waals surface area contributed by atoms with Gasteiger partial charge in [-0.3, -0.25) is 9.78 Å². The molecule has 5 aromatic rings. The number of nitrogens with zero attached hydrogens (tertiary/aromatic N) is 5. The molecule has 0 spiro atoms. The van der Waals surface area contributed by atoms with Crippen LogP contribution < -0.4 is 0 Å². The molecule has 6 nitrogen and oxygen atoms in total. The molecule has 0 fully saturated rings. The number of aromatic nitrogens is 3. The van der Waals surface area contributed by atoms with Gasteiger partial charge in [0.1, 0.15) is 0 Å². The van der Waals surface area contributed by atoms with Gasteiger partial charge in [0.25, 0.3) is 5.91 Å². The van der Waals surface area contributed by atoms with Gasteiger partial charge in [0, 0.05) is 41.7 Å². The summed E-state index contributed by atoms with van der Waals surface area (Å²) in [7, 11) is 0. The zero-order valence-electron chi connectivity index (χ0n) is 19.5. The van der Waals surface area contributed by atoms with Crippen molar-refractivity contribution in [3.8, 4) is 16.9 Å². The van der Waals surface area contributed by atoms with Gasteiger partial charge in [-0.25, -0.2) is 9.69 Å². The summed E-state index contributed by atoms with van der Waals surface area (Å²) in [6.07, 6.45) is 5.87. The molecule has 0 saturated carbocycles. The van der Waals surface area contributed by atoms with Gasteiger partial charge in [-0.15, -0.1) is 0 Å². The van der Waals surface area contributed by atoms with Crippen LogP contribution in [-0.4, -0.2) is 31.4 Å². The fourth-order valence-corrected chi connectivity index (χ4v) is 4.54. The van der Waals surface area contributed by atoms with Gasteiger partial charge < -0.3 is 0 Å². The van der Waals surface area contributed by atoms with Crippen LogP contribution in [0.25, 0.3) is 16.9 Å². The molecular weight excluding hydrogens is 446 g/mol. The van der Waals surface area contributed by atoms with Crippen LogP contribution in [0.2, 0.25) is 0 Å². The molecular formula is C30H23N5O. The number of benzene rings is 3. The average Bonchev–Trinajstić information content (AvgIpc) is 3.60. The molecule has 0 radical (unpaired) electrons. The molecule has 0 N–H and O–H groups in total. The van der Waals surface area contributed by atoms with Crippen molar-refractivity contribution in [2.24, 2.45) is 5.10 Å². The number of amides is 1. The number of carbonyl (C=O) groups is 1. The molecule has 3 aromatic carbocycles. The van der Waals surface area contributed by atoms with Gasteiger partial charge >= 0.3 is 0 Å². The highest BCUT2D eigenvalue weighted by atomic mass is 16.2. The normalized spacial score (nSPS) is 15.1. The number of hydrazone groups is 1. The lowest BCUT2D eigenvalue weighted by Crippen LogP contribution is -2.27. The van der Waals surface area contributed by atoms with Crippen LogP contribution in [0.1, 0.15) is 33.9 Å². The molecule has 174 valence electrons. The second kappa shape index (κ2) is 9.43. The minimum absolute atomic E-state index is 0.167. The largest absolute Gasteiger partial charge is 0.274 e. The van der Waals surface area contributed by atoms with Gasteiger partial charge in [-0.2, -0.15) is 10.2 Å². The van der Waals surface area contributed by atoms with Crippen LogP contribution in [0.4, 0.5) is 0 Å². The summed E-state index contributed by atoms with van der Waals surface area (Å²) in [6.45, 7) is 0. The van der Waals surface area contributed by atoms with Crippen molar-refractivity contribution in [3.05, 3.63) is 138 Å². The number of pyridine rings is 1. The summed E-state index contributed by atoms with van der Waals surface area (Å²) >= 11 is 0. The van der Waals surface area contributed by atoms with Gasteiger partial charge in [0.15, 0.2) is 0 Å². The van der Waals surface area contributed by atoms with Crippen molar-refractivity contribution >= 4 is 11.6 Å². The first-order chi connectivity index (χ1) is 17.8. The third kappa shape index (κ3) is 4.09. The Balaban J connectivity index is 1.49. The molecule has 1 aliphatic rings. The number of carbonyl (C=O) groups excluding carboxylic acids is 1. The van der Waals surface area contributed by atoms with Crippen LogP contribution >= 0.6 is 0 Å². The first-order valence-electron chi connectivity index (χ1n) is 11.8. The van der Waals surface area contributed by atoms with Crippen molar-refractivity contribution in [1.29, 1.82) is 0 Å². The van der Waals surface area contributed by atoms with Crippen LogP contribution in [0.15, 0.2) is 127 Å². The zero-order chi connectivity index (χ0) is 24.3. The second-order valence-corrected chi connectivity index (χ2v) is 8.60. The van der Waals surface area contributed by atoms with Gasteiger partial charge in [0.2, 0.25) is 0 Å². The van der Waals surface area contributed by atoms with Crippen molar-refractivity contribution in [2.45, 2.75) is 12.5 Å². The fraction of sp³-hybridized carbons (Fsp3) is 0.0667. The van der Waals surface area contributed by atoms with E-state index in [2.05, 4.69) is 4.98 Å². The number of rotatable bonds is 5. The van der Waals surface area contributed by atoms with E-state index in [4.69, 9.17) is 10.2 Å². The fourth-order valence-electron chi connectivity index (χ4n) is 4.54. The topological polar surface area (TPSA) is 63.4 Å². The number of para-hydroxylation sites is 1. The molecule has 3 heterocycles. The van der Waals surface area contributed by atoms with E-state index in [0.29, 0.717) is 12.0 Å². The molecule has 36 heavy (non-hydrogen) atoms. The van der Waals surface area contributed by atoms with Crippen molar-refractivity contribution in [3.63, 3.8) is 0 Å². The highest BCUT2D eigenvalue weighted by Crippen LogP contribution is 2.39. The lowest BCUT2D eigenvalue weighted by Gasteiger charge is -2.22. The molecule has 6 heteroatoms. The summed E-state index contributed by atoms with van der Waals surface area (Å²) in [5, 5.41) is 11.4. The molecule has 2 aromatic heterocycles.